The quantitative estimate of drug-likeness (QED) is 0.408. The summed E-state index contributed by atoms with van der Waals surface area (Å²) in [6, 6.07) is 0. The molecule has 4 aliphatic carbocycles. The molecule has 0 aromatic heterocycles. The summed E-state index contributed by atoms with van der Waals surface area (Å²) in [7, 11) is 0. The van der Waals surface area contributed by atoms with E-state index in [9.17, 15) is 20.4 Å². The highest BCUT2D eigenvalue weighted by Crippen LogP contribution is 2.66. The second-order valence-corrected chi connectivity index (χ2v) is 13.2. The summed E-state index contributed by atoms with van der Waals surface area (Å²) in [5, 5.41) is 44.5. The van der Waals surface area contributed by atoms with E-state index in [1.54, 1.807) is 0 Å². The molecule has 0 bridgehead atoms. The Morgan fingerprint density at radius 2 is 1.67 bits per heavy atom. The van der Waals surface area contributed by atoms with Gasteiger partial charge in [0.1, 0.15) is 17.8 Å². The van der Waals surface area contributed by atoms with Crippen molar-refractivity contribution >= 4 is 0 Å². The number of fused-ring (bicyclic) bond motifs is 4. The van der Waals surface area contributed by atoms with E-state index in [4.69, 9.17) is 0 Å². The molecule has 0 heterocycles. The predicted molar refractivity (Wildman–Crippen MR) is 133 cm³/mol. The fourth-order valence-corrected chi connectivity index (χ4v) is 9.14. The average molecular weight is 463 g/mol. The first-order chi connectivity index (χ1) is 15.4. The van der Waals surface area contributed by atoms with Crippen LogP contribution in [0.3, 0.4) is 0 Å². The smallest absolute Gasteiger partial charge is 0.113 e. The lowest BCUT2D eigenvalue weighted by Crippen LogP contribution is -2.70. The molecule has 33 heavy (non-hydrogen) atoms. The Balaban J connectivity index is 1.63. The van der Waals surface area contributed by atoms with Gasteiger partial charge in [0.15, 0.2) is 0 Å². The minimum Gasteiger partial charge on any atom is -0.393 e. The van der Waals surface area contributed by atoms with Gasteiger partial charge in [0, 0.05) is 11.8 Å². The molecule has 3 saturated carbocycles. The number of hydrogen-bond donors (Lipinski definition) is 4. The van der Waals surface area contributed by atoms with Gasteiger partial charge in [-0.2, -0.15) is 0 Å². The van der Waals surface area contributed by atoms with E-state index in [0.717, 1.165) is 36.7 Å². The summed E-state index contributed by atoms with van der Waals surface area (Å²) in [5.41, 5.74) is 0.620. The molecule has 0 saturated heterocycles. The van der Waals surface area contributed by atoms with Gasteiger partial charge in [-0.3, -0.25) is 0 Å². The molecule has 0 unspecified atom stereocenters. The van der Waals surface area contributed by atoms with Gasteiger partial charge in [-0.25, -0.2) is 0 Å². The molecular weight excluding hydrogens is 412 g/mol. The van der Waals surface area contributed by atoms with Crippen LogP contribution in [-0.2, 0) is 0 Å². The third-order valence-electron chi connectivity index (χ3n) is 11.4. The average Bonchev–Trinajstić information content (AvgIpc) is 3.11. The molecule has 190 valence electrons. The van der Waals surface area contributed by atoms with Crippen LogP contribution in [0.4, 0.5) is 0 Å². The lowest BCUT2D eigenvalue weighted by Gasteiger charge is -2.63. The highest BCUT2D eigenvalue weighted by atomic mass is 16.4. The summed E-state index contributed by atoms with van der Waals surface area (Å²) in [6.07, 6.45) is 6.71. The summed E-state index contributed by atoms with van der Waals surface area (Å²) < 4.78 is 0. The van der Waals surface area contributed by atoms with Crippen LogP contribution in [0.15, 0.2) is 11.1 Å². The third-order valence-corrected chi connectivity index (χ3v) is 11.4. The van der Waals surface area contributed by atoms with E-state index in [1.807, 2.05) is 0 Å². The standard InChI is InChI=1S/C29H50O4/c1-7-19(17(2)3)9-8-18(4)21-10-11-22-24-23(13-14-27(21,22)5)28(6)15-12-20(30)16-29(28,33)26(32)25(24)31/h17-21,23,25-26,30-33H,7-16H2,1-6H3/t18-,19+,20+,21-,23+,25+,26-,27-,28-,29+/m1/s1. The third kappa shape index (κ3) is 3.77. The zero-order chi connectivity index (χ0) is 24.3. The van der Waals surface area contributed by atoms with Gasteiger partial charge < -0.3 is 20.4 Å². The number of rotatable bonds is 6. The first-order valence-electron chi connectivity index (χ1n) is 13.9. The van der Waals surface area contributed by atoms with E-state index in [-0.39, 0.29) is 17.8 Å². The number of hydrogen-bond acceptors (Lipinski definition) is 4. The molecule has 0 amide bonds. The maximum absolute atomic E-state index is 11.6. The van der Waals surface area contributed by atoms with Crippen LogP contribution in [0.2, 0.25) is 0 Å². The molecule has 0 aromatic rings. The van der Waals surface area contributed by atoms with Crippen LogP contribution in [0.25, 0.3) is 0 Å². The summed E-state index contributed by atoms with van der Waals surface area (Å²) in [6.45, 7) is 14.0. The maximum atomic E-state index is 11.6. The fraction of sp³-hybridized carbons (Fsp3) is 0.931. The van der Waals surface area contributed by atoms with E-state index in [2.05, 4.69) is 41.5 Å². The lowest BCUT2D eigenvalue weighted by atomic mass is 9.45. The molecule has 10 atom stereocenters. The van der Waals surface area contributed by atoms with Crippen molar-refractivity contribution in [3.63, 3.8) is 0 Å². The van der Waals surface area contributed by atoms with E-state index in [1.165, 1.54) is 31.3 Å². The Kier molecular flexibility index (Phi) is 6.93. The lowest BCUT2D eigenvalue weighted by molar-refractivity contribution is -0.248. The van der Waals surface area contributed by atoms with Gasteiger partial charge in [0.2, 0.25) is 0 Å². The monoisotopic (exact) mass is 462 g/mol. The molecule has 4 rings (SSSR count). The van der Waals surface area contributed by atoms with Gasteiger partial charge in [0.25, 0.3) is 0 Å². The van der Waals surface area contributed by atoms with Crippen molar-refractivity contribution < 1.29 is 20.4 Å². The van der Waals surface area contributed by atoms with Crippen LogP contribution in [0, 0.1) is 40.4 Å². The highest BCUT2D eigenvalue weighted by Gasteiger charge is 2.67. The van der Waals surface area contributed by atoms with Crippen molar-refractivity contribution in [2.75, 3.05) is 0 Å². The van der Waals surface area contributed by atoms with Crippen LogP contribution >= 0.6 is 0 Å². The number of aliphatic hydroxyl groups excluding tert-OH is 3. The summed E-state index contributed by atoms with van der Waals surface area (Å²) in [4.78, 5) is 0. The van der Waals surface area contributed by atoms with Gasteiger partial charge in [-0.1, -0.05) is 60.0 Å². The van der Waals surface area contributed by atoms with Gasteiger partial charge in [-0.05, 0) is 85.5 Å². The van der Waals surface area contributed by atoms with Crippen LogP contribution < -0.4 is 0 Å². The van der Waals surface area contributed by atoms with Crippen molar-refractivity contribution in [2.24, 2.45) is 40.4 Å². The van der Waals surface area contributed by atoms with Crippen molar-refractivity contribution in [2.45, 2.75) is 130 Å². The van der Waals surface area contributed by atoms with E-state index in [0.29, 0.717) is 24.7 Å². The van der Waals surface area contributed by atoms with Crippen molar-refractivity contribution in [1.82, 2.24) is 0 Å². The SMILES string of the molecule is CC[C@@H](CC[C@@H](C)[C@H]1CCC2=C3[C@H](O)[C@@H](O)[C@@]4(O)C[C@@H](O)CC[C@]4(C)[C@H]3CC[C@@]21C)C(C)C. The number of aliphatic hydroxyl groups is 4. The minimum absolute atomic E-state index is 0.0888. The zero-order valence-electron chi connectivity index (χ0n) is 22.0. The summed E-state index contributed by atoms with van der Waals surface area (Å²) >= 11 is 0. The predicted octanol–water partition coefficient (Wildman–Crippen LogP) is 5.23. The van der Waals surface area contributed by atoms with E-state index < -0.39 is 29.3 Å². The Morgan fingerprint density at radius 1 is 0.970 bits per heavy atom. The molecule has 4 nitrogen and oxygen atoms in total. The topological polar surface area (TPSA) is 80.9 Å². The van der Waals surface area contributed by atoms with Crippen LogP contribution in [0.5, 0.6) is 0 Å². The Hall–Kier alpha value is -0.420. The first-order valence-corrected chi connectivity index (χ1v) is 13.9. The maximum Gasteiger partial charge on any atom is 0.113 e. The summed E-state index contributed by atoms with van der Waals surface area (Å²) in [5.74, 6) is 2.90. The van der Waals surface area contributed by atoms with Crippen LogP contribution in [-0.4, -0.2) is 44.3 Å². The molecule has 0 radical (unpaired) electrons. The van der Waals surface area contributed by atoms with Gasteiger partial charge >= 0.3 is 0 Å². The molecular formula is C29H50O4. The molecule has 4 aliphatic rings. The first kappa shape index (κ1) is 25.7. The zero-order valence-corrected chi connectivity index (χ0v) is 22.0. The Labute approximate surface area is 201 Å². The van der Waals surface area contributed by atoms with Crippen molar-refractivity contribution in [3.05, 3.63) is 11.1 Å². The molecule has 4 heteroatoms. The minimum atomic E-state index is -1.43. The molecule has 4 N–H and O–H groups in total. The second kappa shape index (κ2) is 8.91. The van der Waals surface area contributed by atoms with Crippen LogP contribution in [0.1, 0.15) is 106 Å². The normalized spacial score (nSPS) is 47.2. The van der Waals surface area contributed by atoms with Crippen molar-refractivity contribution in [3.8, 4) is 0 Å². The fourth-order valence-electron chi connectivity index (χ4n) is 9.14. The Morgan fingerprint density at radius 3 is 2.30 bits per heavy atom. The molecule has 0 aliphatic heterocycles. The molecule has 0 spiro atoms. The van der Waals surface area contributed by atoms with E-state index >= 15 is 0 Å². The van der Waals surface area contributed by atoms with Crippen molar-refractivity contribution in [1.29, 1.82) is 0 Å². The van der Waals surface area contributed by atoms with Gasteiger partial charge in [0.05, 0.1) is 6.10 Å². The second-order valence-electron chi connectivity index (χ2n) is 13.2. The molecule has 0 aromatic carbocycles. The largest absolute Gasteiger partial charge is 0.393 e. The Bertz CT molecular complexity index is 761. The van der Waals surface area contributed by atoms with Gasteiger partial charge in [-0.15, -0.1) is 0 Å². The molecule has 3 fully saturated rings. The number of allylic oxidation sites excluding steroid dienone is 1. The highest BCUT2D eigenvalue weighted by molar-refractivity contribution is 5.40.